The van der Waals surface area contributed by atoms with Crippen LogP contribution >= 0.6 is 11.6 Å². The highest BCUT2D eigenvalue weighted by molar-refractivity contribution is 6.17. The van der Waals surface area contributed by atoms with Gasteiger partial charge in [-0.1, -0.05) is 18.2 Å². The second-order valence-electron chi connectivity index (χ2n) is 5.84. The maximum Gasteiger partial charge on any atom is 0.124 e. The molecule has 114 valence electrons. The molecule has 0 amide bonds. The zero-order valence-electron chi connectivity index (χ0n) is 12.3. The lowest BCUT2D eigenvalue weighted by molar-refractivity contribution is 0.0614. The second kappa shape index (κ2) is 5.86. The van der Waals surface area contributed by atoms with Crippen molar-refractivity contribution in [3.05, 3.63) is 36.3 Å². The van der Waals surface area contributed by atoms with Crippen LogP contribution in [0.1, 0.15) is 18.7 Å². The SMILES string of the molecule is ClCc1nc2cnc3ccccc3c2n1CC1CCOCC1. The third kappa shape index (κ3) is 2.36. The predicted molar refractivity (Wildman–Crippen MR) is 88.1 cm³/mol. The molecule has 5 heteroatoms. The first-order valence-corrected chi connectivity index (χ1v) is 8.27. The Kier molecular flexibility index (Phi) is 3.72. The van der Waals surface area contributed by atoms with Crippen LogP contribution in [0.3, 0.4) is 0 Å². The topological polar surface area (TPSA) is 39.9 Å². The van der Waals surface area contributed by atoms with Crippen molar-refractivity contribution in [1.82, 2.24) is 14.5 Å². The molecule has 1 fully saturated rings. The molecular formula is C17H18ClN3O. The number of rotatable bonds is 3. The minimum absolute atomic E-state index is 0.423. The average molecular weight is 316 g/mol. The standard InChI is InChI=1S/C17H18ClN3O/c18-9-16-20-15-10-19-14-4-2-1-3-13(14)17(15)21(16)11-12-5-7-22-8-6-12/h1-4,10,12H,5-9,11H2. The van der Waals surface area contributed by atoms with Crippen LogP contribution in [0.2, 0.25) is 0 Å². The molecule has 3 heterocycles. The summed E-state index contributed by atoms with van der Waals surface area (Å²) >= 11 is 6.14. The van der Waals surface area contributed by atoms with Gasteiger partial charge in [-0.05, 0) is 24.8 Å². The van der Waals surface area contributed by atoms with E-state index >= 15 is 0 Å². The zero-order chi connectivity index (χ0) is 14.9. The predicted octanol–water partition coefficient (Wildman–Crippen LogP) is 3.75. The van der Waals surface area contributed by atoms with Crippen LogP contribution < -0.4 is 0 Å². The fourth-order valence-electron chi connectivity index (χ4n) is 3.30. The zero-order valence-corrected chi connectivity index (χ0v) is 13.1. The Morgan fingerprint density at radius 3 is 2.82 bits per heavy atom. The minimum Gasteiger partial charge on any atom is -0.381 e. The van der Waals surface area contributed by atoms with Crippen molar-refractivity contribution in [1.29, 1.82) is 0 Å². The van der Waals surface area contributed by atoms with Crippen molar-refractivity contribution in [3.8, 4) is 0 Å². The highest BCUT2D eigenvalue weighted by atomic mass is 35.5. The molecule has 1 aliphatic rings. The van der Waals surface area contributed by atoms with Crippen molar-refractivity contribution in [2.75, 3.05) is 13.2 Å². The molecule has 0 aliphatic carbocycles. The minimum atomic E-state index is 0.423. The van der Waals surface area contributed by atoms with E-state index in [1.54, 1.807) is 0 Å². The second-order valence-corrected chi connectivity index (χ2v) is 6.10. The van der Waals surface area contributed by atoms with Crippen molar-refractivity contribution in [3.63, 3.8) is 0 Å². The number of pyridine rings is 1. The van der Waals surface area contributed by atoms with E-state index in [0.717, 1.165) is 60.4 Å². The molecule has 2 aromatic heterocycles. The number of nitrogens with zero attached hydrogens (tertiary/aromatic N) is 3. The van der Waals surface area contributed by atoms with Crippen LogP contribution in [0.5, 0.6) is 0 Å². The first-order valence-electron chi connectivity index (χ1n) is 7.73. The number of hydrogen-bond donors (Lipinski definition) is 0. The molecule has 0 atom stereocenters. The third-order valence-electron chi connectivity index (χ3n) is 4.46. The average Bonchev–Trinajstić information content (AvgIpc) is 2.94. The lowest BCUT2D eigenvalue weighted by Gasteiger charge is -2.23. The third-order valence-corrected chi connectivity index (χ3v) is 4.70. The van der Waals surface area contributed by atoms with E-state index in [2.05, 4.69) is 26.7 Å². The summed E-state index contributed by atoms with van der Waals surface area (Å²) in [6.45, 7) is 2.67. The fourth-order valence-corrected chi connectivity index (χ4v) is 3.50. The monoisotopic (exact) mass is 315 g/mol. The molecule has 0 unspecified atom stereocenters. The van der Waals surface area contributed by atoms with Crippen molar-refractivity contribution in [2.24, 2.45) is 5.92 Å². The summed E-state index contributed by atoms with van der Waals surface area (Å²) in [5, 5.41) is 1.15. The van der Waals surface area contributed by atoms with E-state index < -0.39 is 0 Å². The van der Waals surface area contributed by atoms with Gasteiger partial charge in [-0.25, -0.2) is 4.98 Å². The van der Waals surface area contributed by atoms with Crippen molar-refractivity contribution in [2.45, 2.75) is 25.3 Å². The Balaban J connectivity index is 1.88. The van der Waals surface area contributed by atoms with E-state index in [9.17, 15) is 0 Å². The summed E-state index contributed by atoms with van der Waals surface area (Å²) in [5.74, 6) is 1.98. The number of fused-ring (bicyclic) bond motifs is 3. The van der Waals surface area contributed by atoms with Gasteiger partial charge in [-0.15, -0.1) is 11.6 Å². The molecule has 1 aromatic carbocycles. The number of benzene rings is 1. The Labute approximate surface area is 134 Å². The van der Waals surface area contributed by atoms with Gasteiger partial charge in [0.2, 0.25) is 0 Å². The number of aromatic nitrogens is 3. The van der Waals surface area contributed by atoms with Crippen LogP contribution in [0.15, 0.2) is 30.5 Å². The smallest absolute Gasteiger partial charge is 0.124 e. The van der Waals surface area contributed by atoms with Gasteiger partial charge >= 0.3 is 0 Å². The van der Waals surface area contributed by atoms with Gasteiger partial charge in [0.1, 0.15) is 11.3 Å². The summed E-state index contributed by atoms with van der Waals surface area (Å²) < 4.78 is 7.77. The molecule has 4 rings (SSSR count). The summed E-state index contributed by atoms with van der Waals surface area (Å²) in [5.41, 5.74) is 3.10. The normalized spacial score (nSPS) is 16.6. The molecule has 1 aliphatic heterocycles. The van der Waals surface area contributed by atoms with Crippen LogP contribution in [-0.4, -0.2) is 27.7 Å². The van der Waals surface area contributed by atoms with Gasteiger partial charge in [0.15, 0.2) is 0 Å². The molecule has 0 N–H and O–H groups in total. The number of ether oxygens (including phenoxy) is 1. The molecule has 4 nitrogen and oxygen atoms in total. The number of hydrogen-bond acceptors (Lipinski definition) is 3. The fraction of sp³-hybridized carbons (Fsp3) is 0.412. The van der Waals surface area contributed by atoms with Gasteiger partial charge in [-0.2, -0.15) is 0 Å². The number of alkyl halides is 1. The van der Waals surface area contributed by atoms with Crippen LogP contribution in [0.4, 0.5) is 0 Å². The Bertz CT molecular complexity index is 808. The molecular weight excluding hydrogens is 298 g/mol. The summed E-state index contributed by atoms with van der Waals surface area (Å²) in [6.07, 6.45) is 4.06. The van der Waals surface area contributed by atoms with E-state index in [1.165, 1.54) is 0 Å². The van der Waals surface area contributed by atoms with Crippen LogP contribution in [0, 0.1) is 5.92 Å². The van der Waals surface area contributed by atoms with E-state index in [-0.39, 0.29) is 0 Å². The molecule has 3 aromatic rings. The van der Waals surface area contributed by atoms with Gasteiger partial charge in [-0.3, -0.25) is 4.98 Å². The lowest BCUT2D eigenvalue weighted by atomic mass is 10.00. The van der Waals surface area contributed by atoms with E-state index in [4.69, 9.17) is 16.3 Å². The molecule has 0 saturated carbocycles. The lowest BCUT2D eigenvalue weighted by Crippen LogP contribution is -2.21. The Hall–Kier alpha value is -1.65. The first kappa shape index (κ1) is 14.0. The highest BCUT2D eigenvalue weighted by Crippen LogP contribution is 2.28. The number of imidazole rings is 1. The highest BCUT2D eigenvalue weighted by Gasteiger charge is 2.19. The number of halogens is 1. The molecule has 0 radical (unpaired) electrons. The largest absolute Gasteiger partial charge is 0.381 e. The van der Waals surface area contributed by atoms with Gasteiger partial charge in [0, 0.05) is 25.1 Å². The van der Waals surface area contributed by atoms with Crippen LogP contribution in [0.25, 0.3) is 21.9 Å². The van der Waals surface area contributed by atoms with Gasteiger partial charge in [0.05, 0.1) is 23.1 Å². The Morgan fingerprint density at radius 2 is 2.00 bits per heavy atom. The summed E-state index contributed by atoms with van der Waals surface area (Å²) in [7, 11) is 0. The molecule has 0 spiro atoms. The quantitative estimate of drug-likeness (QED) is 0.691. The maximum atomic E-state index is 6.14. The summed E-state index contributed by atoms with van der Waals surface area (Å²) in [4.78, 5) is 9.19. The van der Waals surface area contributed by atoms with Gasteiger partial charge < -0.3 is 9.30 Å². The maximum absolute atomic E-state index is 6.14. The van der Waals surface area contributed by atoms with Crippen molar-refractivity contribution >= 4 is 33.5 Å². The molecule has 1 saturated heterocycles. The van der Waals surface area contributed by atoms with Crippen molar-refractivity contribution < 1.29 is 4.74 Å². The van der Waals surface area contributed by atoms with Gasteiger partial charge in [0.25, 0.3) is 0 Å². The Morgan fingerprint density at radius 1 is 1.18 bits per heavy atom. The first-order chi connectivity index (χ1) is 10.9. The van der Waals surface area contributed by atoms with Crippen LogP contribution in [-0.2, 0) is 17.2 Å². The van der Waals surface area contributed by atoms with E-state index in [0.29, 0.717) is 11.8 Å². The van der Waals surface area contributed by atoms with E-state index in [1.807, 2.05) is 18.3 Å². The summed E-state index contributed by atoms with van der Waals surface area (Å²) in [6, 6.07) is 8.23. The molecule has 0 bridgehead atoms. The number of para-hydroxylation sites is 1. The molecule has 22 heavy (non-hydrogen) atoms.